The minimum atomic E-state index is -4.00. The van der Waals surface area contributed by atoms with Crippen molar-refractivity contribution in [2.24, 2.45) is 0 Å². The number of para-hydroxylation sites is 1. The number of carbonyl (C=O) groups excluding carboxylic acids is 1. The molecule has 1 fully saturated rings. The maximum atomic E-state index is 12.8. The van der Waals surface area contributed by atoms with E-state index in [1.165, 1.54) is 30.3 Å². The van der Waals surface area contributed by atoms with Crippen molar-refractivity contribution in [3.63, 3.8) is 0 Å². The van der Waals surface area contributed by atoms with Crippen LogP contribution in [-0.4, -0.2) is 60.2 Å². The number of hydrogen-bond donors (Lipinski definition) is 1. The minimum absolute atomic E-state index is 0.0225. The highest BCUT2D eigenvalue weighted by atomic mass is 32.2. The van der Waals surface area contributed by atoms with Gasteiger partial charge in [-0.3, -0.25) is 9.52 Å². The smallest absolute Gasteiger partial charge is 0.261 e. The lowest BCUT2D eigenvalue weighted by Crippen LogP contribution is -2.41. The fraction of sp³-hybridized carbons (Fsp3) is 0.278. The molecule has 1 saturated heterocycles. The lowest BCUT2D eigenvalue weighted by Gasteiger charge is -2.27. The highest BCUT2D eigenvalue weighted by molar-refractivity contribution is 7.92. The molecule has 1 amide bonds. The molecule has 0 aliphatic carbocycles. The summed E-state index contributed by atoms with van der Waals surface area (Å²) in [6.07, 6.45) is 1.04. The van der Waals surface area contributed by atoms with Crippen LogP contribution in [0.3, 0.4) is 0 Å². The van der Waals surface area contributed by atoms with Crippen molar-refractivity contribution < 1.29 is 26.4 Å². The van der Waals surface area contributed by atoms with Crippen molar-refractivity contribution in [3.05, 3.63) is 54.1 Å². The van der Waals surface area contributed by atoms with Gasteiger partial charge in [0.05, 0.1) is 34.3 Å². The molecule has 1 heterocycles. The molecule has 8 nitrogen and oxygen atoms in total. The number of nitrogens with zero attached hydrogens (tertiary/aromatic N) is 1. The number of sulfonamides is 1. The Morgan fingerprint density at radius 3 is 2.11 bits per heavy atom. The van der Waals surface area contributed by atoms with Gasteiger partial charge in [-0.2, -0.15) is 0 Å². The van der Waals surface area contributed by atoms with E-state index in [0.717, 1.165) is 6.26 Å². The van der Waals surface area contributed by atoms with Gasteiger partial charge in [-0.05, 0) is 36.4 Å². The van der Waals surface area contributed by atoms with Crippen molar-refractivity contribution in [3.8, 4) is 0 Å². The van der Waals surface area contributed by atoms with Gasteiger partial charge in [0, 0.05) is 19.3 Å². The first-order valence-electron chi connectivity index (χ1n) is 8.47. The van der Waals surface area contributed by atoms with Crippen LogP contribution >= 0.6 is 0 Å². The summed E-state index contributed by atoms with van der Waals surface area (Å²) in [5.74, 6) is -0.283. The van der Waals surface area contributed by atoms with Crippen LogP contribution in [0.5, 0.6) is 0 Å². The molecule has 1 aliphatic heterocycles. The van der Waals surface area contributed by atoms with Gasteiger partial charge in [0.1, 0.15) is 0 Å². The molecular weight excluding hydrogens is 404 g/mol. The quantitative estimate of drug-likeness (QED) is 0.776. The van der Waals surface area contributed by atoms with E-state index in [4.69, 9.17) is 4.74 Å². The van der Waals surface area contributed by atoms with Crippen LogP contribution in [0.25, 0.3) is 0 Å². The molecule has 3 rings (SSSR count). The zero-order valence-electron chi connectivity index (χ0n) is 15.2. The van der Waals surface area contributed by atoms with Crippen LogP contribution in [0, 0.1) is 0 Å². The average Bonchev–Trinajstić information content (AvgIpc) is 2.68. The van der Waals surface area contributed by atoms with E-state index in [0.29, 0.717) is 26.3 Å². The monoisotopic (exact) mass is 424 g/mol. The van der Waals surface area contributed by atoms with Crippen molar-refractivity contribution in [2.75, 3.05) is 37.3 Å². The predicted octanol–water partition coefficient (Wildman–Crippen LogP) is 1.36. The predicted molar refractivity (Wildman–Crippen MR) is 104 cm³/mol. The summed E-state index contributed by atoms with van der Waals surface area (Å²) in [4.78, 5) is 14.3. The van der Waals surface area contributed by atoms with E-state index in [-0.39, 0.29) is 26.9 Å². The number of carbonyl (C=O) groups is 1. The van der Waals surface area contributed by atoms with E-state index in [2.05, 4.69) is 4.72 Å². The number of hydrogen-bond acceptors (Lipinski definition) is 6. The molecule has 0 radical (unpaired) electrons. The maximum Gasteiger partial charge on any atom is 0.261 e. The fourth-order valence-electron chi connectivity index (χ4n) is 2.77. The Morgan fingerprint density at radius 2 is 1.50 bits per heavy atom. The van der Waals surface area contributed by atoms with Gasteiger partial charge in [0.25, 0.3) is 15.9 Å². The largest absolute Gasteiger partial charge is 0.378 e. The maximum absolute atomic E-state index is 12.8. The molecule has 2 aromatic rings. The second kappa shape index (κ2) is 7.90. The number of nitrogens with one attached hydrogen (secondary N) is 1. The normalized spacial score (nSPS) is 15.2. The van der Waals surface area contributed by atoms with Crippen molar-refractivity contribution >= 4 is 31.5 Å². The van der Waals surface area contributed by atoms with Crippen LogP contribution in [0.2, 0.25) is 0 Å². The SMILES string of the molecule is CS(=O)(=O)c1ccc(S(=O)(=O)Nc2ccccc2C(=O)N2CCOCC2)cc1. The topological polar surface area (TPSA) is 110 Å². The Labute approximate surface area is 164 Å². The Kier molecular flexibility index (Phi) is 5.73. The number of morpholine rings is 1. The second-order valence-corrected chi connectivity index (χ2v) is 10.00. The van der Waals surface area contributed by atoms with E-state index in [9.17, 15) is 21.6 Å². The van der Waals surface area contributed by atoms with Gasteiger partial charge in [-0.25, -0.2) is 16.8 Å². The standard InChI is InChI=1S/C18H20N2O6S2/c1-27(22,23)14-6-8-15(9-7-14)28(24,25)19-17-5-3-2-4-16(17)18(21)20-10-12-26-13-11-20/h2-9,19H,10-13H2,1H3. The first kappa shape index (κ1) is 20.3. The number of rotatable bonds is 5. The third kappa shape index (κ3) is 4.51. The number of anilines is 1. The summed E-state index contributed by atoms with van der Waals surface area (Å²) in [5.41, 5.74) is 0.395. The van der Waals surface area contributed by atoms with E-state index >= 15 is 0 Å². The Bertz CT molecular complexity index is 1070. The van der Waals surface area contributed by atoms with Crippen LogP contribution in [0.15, 0.2) is 58.3 Å². The van der Waals surface area contributed by atoms with E-state index in [1.54, 1.807) is 23.1 Å². The molecule has 0 spiro atoms. The van der Waals surface area contributed by atoms with Crippen molar-refractivity contribution in [1.82, 2.24) is 4.90 Å². The highest BCUT2D eigenvalue weighted by Gasteiger charge is 2.23. The van der Waals surface area contributed by atoms with Crippen LogP contribution < -0.4 is 4.72 Å². The van der Waals surface area contributed by atoms with Crippen molar-refractivity contribution in [1.29, 1.82) is 0 Å². The molecule has 0 saturated carbocycles. The summed E-state index contributed by atoms with van der Waals surface area (Å²) in [6.45, 7) is 1.75. The Hall–Kier alpha value is -2.43. The molecule has 0 aromatic heterocycles. The number of amides is 1. The van der Waals surface area contributed by atoms with Crippen LogP contribution in [-0.2, 0) is 24.6 Å². The van der Waals surface area contributed by atoms with Gasteiger partial charge >= 0.3 is 0 Å². The average molecular weight is 425 g/mol. The lowest BCUT2D eigenvalue weighted by atomic mass is 10.1. The lowest BCUT2D eigenvalue weighted by molar-refractivity contribution is 0.0303. The van der Waals surface area contributed by atoms with E-state index < -0.39 is 19.9 Å². The summed E-state index contributed by atoms with van der Waals surface area (Å²) in [5, 5.41) is 0. The van der Waals surface area contributed by atoms with Gasteiger partial charge < -0.3 is 9.64 Å². The molecule has 2 aromatic carbocycles. The molecule has 0 atom stereocenters. The third-order valence-electron chi connectivity index (χ3n) is 4.26. The zero-order valence-corrected chi connectivity index (χ0v) is 16.8. The molecule has 0 bridgehead atoms. The zero-order chi connectivity index (χ0) is 20.4. The molecule has 0 unspecified atom stereocenters. The molecule has 1 N–H and O–H groups in total. The molecule has 10 heteroatoms. The number of sulfone groups is 1. The van der Waals surface area contributed by atoms with Gasteiger partial charge in [0.15, 0.2) is 9.84 Å². The fourth-order valence-corrected chi connectivity index (χ4v) is 4.48. The van der Waals surface area contributed by atoms with Gasteiger partial charge in [-0.15, -0.1) is 0 Å². The summed E-state index contributed by atoms with van der Waals surface area (Å²) in [7, 11) is -7.43. The molecule has 28 heavy (non-hydrogen) atoms. The van der Waals surface area contributed by atoms with Crippen LogP contribution in [0.1, 0.15) is 10.4 Å². The minimum Gasteiger partial charge on any atom is -0.378 e. The number of benzene rings is 2. The summed E-state index contributed by atoms with van der Waals surface area (Å²) in [6, 6.07) is 11.2. The first-order chi connectivity index (χ1) is 13.2. The van der Waals surface area contributed by atoms with E-state index in [1.807, 2.05) is 0 Å². The third-order valence-corrected chi connectivity index (χ3v) is 6.77. The molecular formula is C18H20N2O6S2. The first-order valence-corrected chi connectivity index (χ1v) is 11.8. The Morgan fingerprint density at radius 1 is 0.929 bits per heavy atom. The number of ether oxygens (including phenoxy) is 1. The van der Waals surface area contributed by atoms with Crippen LogP contribution in [0.4, 0.5) is 5.69 Å². The second-order valence-electron chi connectivity index (χ2n) is 6.30. The molecule has 1 aliphatic rings. The summed E-state index contributed by atoms with van der Waals surface area (Å²) < 4.78 is 56.2. The Balaban J connectivity index is 1.87. The highest BCUT2D eigenvalue weighted by Crippen LogP contribution is 2.23. The molecule has 150 valence electrons. The van der Waals surface area contributed by atoms with Gasteiger partial charge in [0.2, 0.25) is 0 Å². The van der Waals surface area contributed by atoms with Gasteiger partial charge in [-0.1, -0.05) is 12.1 Å². The van der Waals surface area contributed by atoms with Crippen molar-refractivity contribution in [2.45, 2.75) is 9.79 Å². The summed E-state index contributed by atoms with van der Waals surface area (Å²) >= 11 is 0.